The van der Waals surface area contributed by atoms with Crippen LogP contribution in [0.15, 0.2) is 47.4 Å². The largest absolute Gasteiger partial charge is 0.507 e. The van der Waals surface area contributed by atoms with E-state index >= 15 is 0 Å². The number of aromatic hydroxyl groups is 1. The molecule has 1 fully saturated rings. The van der Waals surface area contributed by atoms with E-state index in [-0.39, 0.29) is 30.2 Å². The first-order valence-corrected chi connectivity index (χ1v) is 10.9. The highest BCUT2D eigenvalue weighted by atomic mass is 32.2. The van der Waals surface area contributed by atoms with Crippen LogP contribution in [0.25, 0.3) is 6.08 Å². The van der Waals surface area contributed by atoms with E-state index < -0.39 is 11.8 Å². The number of phenolic OH excluding ortho intramolecular Hbond substituents is 1. The van der Waals surface area contributed by atoms with Crippen LogP contribution in [0.3, 0.4) is 0 Å². The van der Waals surface area contributed by atoms with Crippen molar-refractivity contribution in [3.63, 3.8) is 0 Å². The van der Waals surface area contributed by atoms with Gasteiger partial charge in [-0.25, -0.2) is 0 Å². The van der Waals surface area contributed by atoms with Crippen molar-refractivity contribution in [1.29, 1.82) is 0 Å². The molecule has 0 aromatic heterocycles. The average molecular weight is 488 g/mol. The molecule has 1 saturated heterocycles. The Balaban J connectivity index is 1.58. The number of hydrogen-bond donors (Lipinski definition) is 3. The third-order valence-electron chi connectivity index (χ3n) is 4.63. The molecular weight excluding hydrogens is 466 g/mol. The summed E-state index contributed by atoms with van der Waals surface area (Å²) in [5.41, 5.74) is 5.19. The van der Waals surface area contributed by atoms with Crippen LogP contribution < -0.4 is 20.3 Å². The van der Waals surface area contributed by atoms with Crippen LogP contribution in [0.5, 0.6) is 17.2 Å². The first-order valence-electron chi connectivity index (χ1n) is 9.68. The lowest BCUT2D eigenvalue weighted by molar-refractivity contribution is -0.124. The van der Waals surface area contributed by atoms with Crippen LogP contribution in [-0.4, -0.2) is 52.8 Å². The minimum absolute atomic E-state index is 0.0221. The van der Waals surface area contributed by atoms with E-state index in [0.29, 0.717) is 26.3 Å². The monoisotopic (exact) mass is 487 g/mol. The number of carbonyl (C=O) groups is 3. The number of nitrogens with zero attached hydrogens (tertiary/aromatic N) is 1. The number of thioether (sulfide) groups is 1. The van der Waals surface area contributed by atoms with E-state index in [9.17, 15) is 19.5 Å². The zero-order chi connectivity index (χ0) is 24.0. The summed E-state index contributed by atoms with van der Waals surface area (Å²) in [7, 11) is 3.07. The second-order valence-corrected chi connectivity index (χ2v) is 8.39. The maximum atomic E-state index is 12.8. The van der Waals surface area contributed by atoms with E-state index in [0.717, 1.165) is 11.8 Å². The van der Waals surface area contributed by atoms with Gasteiger partial charge in [-0.2, -0.15) is 0 Å². The van der Waals surface area contributed by atoms with Crippen molar-refractivity contribution in [2.75, 3.05) is 20.8 Å². The van der Waals surface area contributed by atoms with Gasteiger partial charge < -0.3 is 14.6 Å². The molecule has 2 aromatic carbocycles. The van der Waals surface area contributed by atoms with Gasteiger partial charge in [0.05, 0.1) is 24.7 Å². The molecular formula is C22H21N3O6S2. The number of hydrogen-bond acceptors (Lipinski definition) is 8. The number of para-hydroxylation sites is 1. The SMILES string of the molecule is COc1ccc(C=C2SC(=S)N(CCC(=O)NNC(=O)c3ccccc3O)C2=O)c(OC)c1. The third-order valence-corrected chi connectivity index (χ3v) is 6.01. The topological polar surface area (TPSA) is 117 Å². The maximum Gasteiger partial charge on any atom is 0.273 e. The summed E-state index contributed by atoms with van der Waals surface area (Å²) >= 11 is 6.42. The number of methoxy groups -OCH3 is 2. The molecule has 9 nitrogen and oxygen atoms in total. The summed E-state index contributed by atoms with van der Waals surface area (Å²) in [4.78, 5) is 38.7. The highest BCUT2D eigenvalue weighted by Gasteiger charge is 2.32. The van der Waals surface area contributed by atoms with Crippen molar-refractivity contribution < 1.29 is 29.0 Å². The summed E-state index contributed by atoms with van der Waals surface area (Å²) in [6, 6.07) is 11.2. The highest BCUT2D eigenvalue weighted by molar-refractivity contribution is 8.26. The molecule has 3 rings (SSSR count). The number of ether oxygens (including phenoxy) is 2. The second-order valence-electron chi connectivity index (χ2n) is 6.71. The van der Waals surface area contributed by atoms with Gasteiger partial charge in [0.25, 0.3) is 11.8 Å². The number of amides is 3. The number of rotatable bonds is 7. The van der Waals surface area contributed by atoms with Gasteiger partial charge >= 0.3 is 0 Å². The van der Waals surface area contributed by atoms with Crippen molar-refractivity contribution in [2.24, 2.45) is 0 Å². The van der Waals surface area contributed by atoms with Crippen LogP contribution in [0.1, 0.15) is 22.3 Å². The number of carbonyl (C=O) groups excluding carboxylic acids is 3. The predicted molar refractivity (Wildman–Crippen MR) is 128 cm³/mol. The Morgan fingerprint density at radius 1 is 1.15 bits per heavy atom. The lowest BCUT2D eigenvalue weighted by Gasteiger charge is -2.14. The van der Waals surface area contributed by atoms with E-state index in [1.165, 1.54) is 24.1 Å². The molecule has 0 saturated carbocycles. The molecule has 0 unspecified atom stereocenters. The molecule has 0 bridgehead atoms. The molecule has 1 heterocycles. The molecule has 2 aromatic rings. The molecule has 0 radical (unpaired) electrons. The van der Waals surface area contributed by atoms with Gasteiger partial charge in [0.1, 0.15) is 21.6 Å². The molecule has 3 N–H and O–H groups in total. The lowest BCUT2D eigenvalue weighted by Crippen LogP contribution is -2.43. The summed E-state index contributed by atoms with van der Waals surface area (Å²) in [6.07, 6.45) is 1.58. The van der Waals surface area contributed by atoms with Gasteiger partial charge in [-0.1, -0.05) is 36.1 Å². The van der Waals surface area contributed by atoms with E-state index in [2.05, 4.69) is 10.9 Å². The smallest absolute Gasteiger partial charge is 0.273 e. The zero-order valence-corrected chi connectivity index (χ0v) is 19.4. The molecule has 0 atom stereocenters. The summed E-state index contributed by atoms with van der Waals surface area (Å²) in [5.74, 6) is -0.551. The van der Waals surface area contributed by atoms with Gasteiger partial charge in [0.2, 0.25) is 5.91 Å². The first kappa shape index (κ1) is 24.1. The molecule has 33 heavy (non-hydrogen) atoms. The Morgan fingerprint density at radius 2 is 1.91 bits per heavy atom. The van der Waals surface area contributed by atoms with Gasteiger partial charge in [-0.3, -0.25) is 30.1 Å². The van der Waals surface area contributed by atoms with Crippen molar-refractivity contribution in [3.05, 3.63) is 58.5 Å². The Hall–Kier alpha value is -3.57. The zero-order valence-electron chi connectivity index (χ0n) is 17.8. The number of phenols is 1. The van der Waals surface area contributed by atoms with Gasteiger partial charge in [-0.15, -0.1) is 0 Å². The van der Waals surface area contributed by atoms with Crippen molar-refractivity contribution >= 4 is 52.1 Å². The Kier molecular flexibility index (Phi) is 7.91. The van der Waals surface area contributed by atoms with Crippen LogP contribution in [0, 0.1) is 0 Å². The van der Waals surface area contributed by atoms with Crippen molar-refractivity contribution in [2.45, 2.75) is 6.42 Å². The fourth-order valence-electron chi connectivity index (χ4n) is 2.91. The number of benzene rings is 2. The number of nitrogens with one attached hydrogen (secondary N) is 2. The normalized spacial score (nSPS) is 14.4. The van der Waals surface area contributed by atoms with Gasteiger partial charge in [0, 0.05) is 24.6 Å². The molecule has 172 valence electrons. The van der Waals surface area contributed by atoms with E-state index in [1.807, 2.05) is 0 Å². The quantitative estimate of drug-likeness (QED) is 0.310. The van der Waals surface area contributed by atoms with Crippen LogP contribution in [0.4, 0.5) is 0 Å². The average Bonchev–Trinajstić information content (AvgIpc) is 3.08. The summed E-state index contributed by atoms with van der Waals surface area (Å²) in [5, 5.41) is 9.69. The molecule has 0 aliphatic carbocycles. The first-order chi connectivity index (χ1) is 15.8. The molecule has 11 heteroatoms. The van der Waals surface area contributed by atoms with Crippen molar-refractivity contribution in [1.82, 2.24) is 15.8 Å². The highest BCUT2D eigenvalue weighted by Crippen LogP contribution is 2.35. The van der Waals surface area contributed by atoms with Crippen molar-refractivity contribution in [3.8, 4) is 17.2 Å². The fourth-order valence-corrected chi connectivity index (χ4v) is 4.21. The number of thiocarbonyl (C=S) groups is 1. The molecule has 1 aliphatic heterocycles. The standard InChI is InChI=1S/C22H21N3O6S2/c1-30-14-8-7-13(17(12-14)31-2)11-18-21(29)25(22(32)33-18)10-9-19(27)23-24-20(28)15-5-3-4-6-16(15)26/h3-8,11-12,26H,9-10H2,1-2H3,(H,23,27)(H,24,28). The Morgan fingerprint density at radius 3 is 2.61 bits per heavy atom. The minimum atomic E-state index is -0.663. The third kappa shape index (κ3) is 5.82. The van der Waals surface area contributed by atoms with Crippen LogP contribution in [-0.2, 0) is 9.59 Å². The molecule has 3 amide bonds. The fraction of sp³-hybridized carbons (Fsp3) is 0.182. The van der Waals surface area contributed by atoms with Gasteiger partial charge in [0.15, 0.2) is 0 Å². The molecule has 0 spiro atoms. The van der Waals surface area contributed by atoms with E-state index in [1.54, 1.807) is 43.5 Å². The Labute approximate surface area is 199 Å². The summed E-state index contributed by atoms with van der Waals surface area (Å²) in [6.45, 7) is 0.0417. The molecule has 1 aliphatic rings. The van der Waals surface area contributed by atoms with Crippen LogP contribution in [0.2, 0.25) is 0 Å². The lowest BCUT2D eigenvalue weighted by atomic mass is 10.1. The van der Waals surface area contributed by atoms with Gasteiger partial charge in [-0.05, 0) is 30.3 Å². The predicted octanol–water partition coefficient (Wildman–Crippen LogP) is 2.46. The van der Waals surface area contributed by atoms with E-state index in [4.69, 9.17) is 21.7 Å². The Bertz CT molecular complexity index is 1130. The maximum absolute atomic E-state index is 12.8. The number of hydrazine groups is 1. The minimum Gasteiger partial charge on any atom is -0.507 e. The second kappa shape index (κ2) is 10.8. The van der Waals surface area contributed by atoms with Crippen LogP contribution >= 0.6 is 24.0 Å². The summed E-state index contributed by atoms with van der Waals surface area (Å²) < 4.78 is 10.9.